The van der Waals surface area contributed by atoms with Gasteiger partial charge in [0.1, 0.15) is 0 Å². The van der Waals surface area contributed by atoms with Crippen molar-refractivity contribution in [3.63, 3.8) is 0 Å². The van der Waals surface area contributed by atoms with E-state index in [0.717, 1.165) is 23.7 Å². The van der Waals surface area contributed by atoms with Gasteiger partial charge in [-0.1, -0.05) is 6.92 Å². The van der Waals surface area contributed by atoms with Gasteiger partial charge in [-0.15, -0.1) is 11.3 Å². The summed E-state index contributed by atoms with van der Waals surface area (Å²) in [4.78, 5) is 19.0. The number of likely N-dealkylation sites (tertiary alicyclic amines) is 1. The first kappa shape index (κ1) is 16.9. The van der Waals surface area contributed by atoms with E-state index in [-0.39, 0.29) is 5.91 Å². The van der Waals surface area contributed by atoms with Crippen LogP contribution in [0.2, 0.25) is 0 Å². The maximum atomic E-state index is 12.2. The number of thiazole rings is 1. The van der Waals surface area contributed by atoms with E-state index in [1.165, 1.54) is 32.4 Å². The van der Waals surface area contributed by atoms with Crippen molar-refractivity contribution in [2.24, 2.45) is 0 Å². The molecule has 0 spiro atoms. The highest BCUT2D eigenvalue weighted by atomic mass is 32.1. The van der Waals surface area contributed by atoms with Gasteiger partial charge in [-0.3, -0.25) is 4.79 Å². The fourth-order valence-electron chi connectivity index (χ4n) is 3.50. The molecule has 2 aliphatic rings. The van der Waals surface area contributed by atoms with E-state index in [1.54, 1.807) is 11.3 Å². The second kappa shape index (κ2) is 7.73. The molecular formula is C17H28N4OS. The number of aromatic nitrogens is 1. The van der Waals surface area contributed by atoms with E-state index in [9.17, 15) is 4.79 Å². The highest BCUT2D eigenvalue weighted by Crippen LogP contribution is 2.23. The predicted molar refractivity (Wildman–Crippen MR) is 93.8 cm³/mol. The number of piperidine rings is 1. The Morgan fingerprint density at radius 2 is 2.04 bits per heavy atom. The Hall–Kier alpha value is -0.980. The number of carbonyl (C=O) groups excluding carboxylic acids is 1. The van der Waals surface area contributed by atoms with E-state index >= 15 is 0 Å². The van der Waals surface area contributed by atoms with Crippen LogP contribution in [0.5, 0.6) is 0 Å². The van der Waals surface area contributed by atoms with Gasteiger partial charge in [-0.25, -0.2) is 4.98 Å². The third kappa shape index (κ3) is 4.52. The summed E-state index contributed by atoms with van der Waals surface area (Å²) in [5.41, 5.74) is 0.890. The van der Waals surface area contributed by atoms with Gasteiger partial charge in [-0.05, 0) is 52.2 Å². The molecule has 1 amide bonds. The van der Waals surface area contributed by atoms with Crippen LogP contribution in [0, 0.1) is 6.92 Å². The summed E-state index contributed by atoms with van der Waals surface area (Å²) < 4.78 is 0. The summed E-state index contributed by atoms with van der Waals surface area (Å²) >= 11 is 1.60. The molecule has 2 N–H and O–H groups in total. The molecule has 1 aromatic rings. The van der Waals surface area contributed by atoms with E-state index in [2.05, 4.69) is 27.4 Å². The smallest absolute Gasteiger partial charge is 0.226 e. The standard InChI is InChI=1S/C17H28N4OS/c1-3-21-8-6-13(7-9-21)19-15-4-5-16(15)20-17(22)10-14-11-23-12(2)18-14/h11,13,15-16,19H,3-10H2,1-2H3,(H,20,22)/t15-,16+/m1/s1. The topological polar surface area (TPSA) is 57.3 Å². The Morgan fingerprint density at radius 1 is 1.30 bits per heavy atom. The van der Waals surface area contributed by atoms with Crippen molar-refractivity contribution in [1.82, 2.24) is 20.5 Å². The molecule has 2 atom stereocenters. The lowest BCUT2D eigenvalue weighted by Crippen LogP contribution is -2.60. The summed E-state index contributed by atoms with van der Waals surface area (Å²) in [6.45, 7) is 7.75. The minimum atomic E-state index is 0.104. The third-order valence-electron chi connectivity index (χ3n) is 5.11. The summed E-state index contributed by atoms with van der Waals surface area (Å²) in [6.07, 6.45) is 5.12. The number of aryl methyl sites for hydroxylation is 1. The Morgan fingerprint density at radius 3 is 2.61 bits per heavy atom. The van der Waals surface area contributed by atoms with E-state index in [1.807, 2.05) is 12.3 Å². The molecule has 128 valence electrons. The lowest BCUT2D eigenvalue weighted by Gasteiger charge is -2.42. The molecule has 1 aromatic heterocycles. The average molecular weight is 337 g/mol. The number of nitrogens with one attached hydrogen (secondary N) is 2. The molecule has 23 heavy (non-hydrogen) atoms. The maximum Gasteiger partial charge on any atom is 0.226 e. The van der Waals surface area contributed by atoms with Gasteiger partial charge in [0, 0.05) is 23.5 Å². The number of amides is 1. The molecule has 0 bridgehead atoms. The summed E-state index contributed by atoms with van der Waals surface area (Å²) in [6, 6.07) is 1.37. The zero-order chi connectivity index (χ0) is 16.2. The predicted octanol–water partition coefficient (Wildman–Crippen LogP) is 1.72. The molecule has 6 heteroatoms. The Kier molecular flexibility index (Phi) is 5.67. The first-order valence-corrected chi connectivity index (χ1v) is 9.70. The minimum absolute atomic E-state index is 0.104. The molecule has 2 heterocycles. The summed E-state index contributed by atoms with van der Waals surface area (Å²) in [5.74, 6) is 0.104. The van der Waals surface area contributed by atoms with Crippen LogP contribution in [0.3, 0.4) is 0 Å². The molecule has 5 nitrogen and oxygen atoms in total. The molecule has 0 unspecified atom stereocenters. The van der Waals surface area contributed by atoms with Crippen molar-refractivity contribution in [2.75, 3.05) is 19.6 Å². The molecule has 2 fully saturated rings. The lowest BCUT2D eigenvalue weighted by atomic mass is 9.85. The zero-order valence-electron chi connectivity index (χ0n) is 14.2. The van der Waals surface area contributed by atoms with Gasteiger partial charge in [-0.2, -0.15) is 0 Å². The second-order valence-corrected chi connectivity index (χ2v) is 7.83. The van der Waals surface area contributed by atoms with Gasteiger partial charge >= 0.3 is 0 Å². The molecular weight excluding hydrogens is 308 g/mol. The van der Waals surface area contributed by atoms with Crippen LogP contribution in [-0.4, -0.2) is 53.6 Å². The van der Waals surface area contributed by atoms with Crippen molar-refractivity contribution in [2.45, 2.75) is 64.1 Å². The van der Waals surface area contributed by atoms with Crippen LogP contribution in [-0.2, 0) is 11.2 Å². The van der Waals surface area contributed by atoms with Crippen LogP contribution in [0.1, 0.15) is 43.3 Å². The monoisotopic (exact) mass is 336 g/mol. The highest BCUT2D eigenvalue weighted by molar-refractivity contribution is 7.09. The number of hydrogen-bond donors (Lipinski definition) is 2. The quantitative estimate of drug-likeness (QED) is 0.830. The molecule has 1 saturated heterocycles. The van der Waals surface area contributed by atoms with Crippen LogP contribution in [0.4, 0.5) is 0 Å². The SMILES string of the molecule is CCN1CCC(N[C@@H]2CC[C@@H]2NC(=O)Cc2csc(C)n2)CC1. The van der Waals surface area contributed by atoms with Crippen LogP contribution < -0.4 is 10.6 Å². The van der Waals surface area contributed by atoms with Gasteiger partial charge in [0.05, 0.1) is 17.1 Å². The Bertz CT molecular complexity index is 524. The van der Waals surface area contributed by atoms with Crippen molar-refractivity contribution in [3.05, 3.63) is 16.1 Å². The summed E-state index contributed by atoms with van der Waals surface area (Å²) in [5, 5.41) is 9.96. The molecule has 0 radical (unpaired) electrons. The van der Waals surface area contributed by atoms with Gasteiger partial charge in [0.2, 0.25) is 5.91 Å². The average Bonchev–Trinajstić information content (AvgIpc) is 2.95. The van der Waals surface area contributed by atoms with E-state index < -0.39 is 0 Å². The zero-order valence-corrected chi connectivity index (χ0v) is 15.0. The molecule has 1 aliphatic heterocycles. The highest BCUT2D eigenvalue weighted by Gasteiger charge is 2.34. The van der Waals surface area contributed by atoms with Crippen LogP contribution in [0.25, 0.3) is 0 Å². The molecule has 3 rings (SSSR count). The van der Waals surface area contributed by atoms with Gasteiger partial charge < -0.3 is 15.5 Å². The normalized spacial score (nSPS) is 26.0. The maximum absolute atomic E-state index is 12.2. The second-order valence-electron chi connectivity index (χ2n) is 6.77. The molecule has 0 aromatic carbocycles. The first-order valence-electron chi connectivity index (χ1n) is 8.83. The number of carbonyl (C=O) groups is 1. The Labute approximate surface area is 142 Å². The number of nitrogens with zero attached hydrogens (tertiary/aromatic N) is 2. The van der Waals surface area contributed by atoms with E-state index in [4.69, 9.17) is 0 Å². The first-order chi connectivity index (χ1) is 11.1. The number of hydrogen-bond acceptors (Lipinski definition) is 5. The minimum Gasteiger partial charge on any atom is -0.351 e. The fourth-order valence-corrected chi connectivity index (χ4v) is 4.12. The van der Waals surface area contributed by atoms with Crippen LogP contribution in [0.15, 0.2) is 5.38 Å². The van der Waals surface area contributed by atoms with E-state index in [0.29, 0.717) is 24.5 Å². The number of rotatable bonds is 6. The van der Waals surface area contributed by atoms with Gasteiger partial charge in [0.25, 0.3) is 0 Å². The van der Waals surface area contributed by atoms with Crippen LogP contribution >= 0.6 is 11.3 Å². The fraction of sp³-hybridized carbons (Fsp3) is 0.765. The van der Waals surface area contributed by atoms with Gasteiger partial charge in [0.15, 0.2) is 0 Å². The Balaban J connectivity index is 1.40. The van der Waals surface area contributed by atoms with Crippen molar-refractivity contribution in [3.8, 4) is 0 Å². The lowest BCUT2D eigenvalue weighted by molar-refractivity contribution is -0.122. The van der Waals surface area contributed by atoms with Crippen molar-refractivity contribution in [1.29, 1.82) is 0 Å². The van der Waals surface area contributed by atoms with Crippen molar-refractivity contribution < 1.29 is 4.79 Å². The van der Waals surface area contributed by atoms with Crippen molar-refractivity contribution >= 4 is 17.2 Å². The largest absolute Gasteiger partial charge is 0.351 e. The summed E-state index contributed by atoms with van der Waals surface area (Å²) in [7, 11) is 0. The molecule has 1 saturated carbocycles. The molecule has 1 aliphatic carbocycles. The third-order valence-corrected chi connectivity index (χ3v) is 5.94.